The van der Waals surface area contributed by atoms with E-state index in [2.05, 4.69) is 4.99 Å². The number of alkyl halides is 3. The Hall–Kier alpha value is -1.76. The van der Waals surface area contributed by atoms with E-state index in [-0.39, 0.29) is 17.9 Å². The van der Waals surface area contributed by atoms with E-state index >= 15 is 0 Å². The van der Waals surface area contributed by atoms with Crippen LogP contribution in [-0.4, -0.2) is 44.7 Å². The van der Waals surface area contributed by atoms with E-state index < -0.39 is 11.8 Å². The van der Waals surface area contributed by atoms with Crippen molar-refractivity contribution in [2.75, 3.05) is 27.3 Å². The predicted molar refractivity (Wildman–Crippen MR) is 77.9 cm³/mol. The molecule has 0 aromatic heterocycles. The average molecular weight is 316 g/mol. The highest BCUT2D eigenvalue weighted by atomic mass is 19.4. The number of nitrogens with zero attached hydrogens (tertiary/aromatic N) is 2. The molecule has 1 saturated heterocycles. The minimum absolute atomic E-state index is 0.00259. The van der Waals surface area contributed by atoms with Gasteiger partial charge in [-0.05, 0) is 25.5 Å². The first-order valence-corrected chi connectivity index (χ1v) is 6.89. The molecular formula is C15H19F3N2O2. The lowest BCUT2D eigenvalue weighted by Gasteiger charge is -2.20. The Kier molecular flexibility index (Phi) is 4.37. The summed E-state index contributed by atoms with van der Waals surface area (Å²) in [6.45, 7) is 4.09. The Morgan fingerprint density at radius 1 is 1.45 bits per heavy atom. The molecule has 1 aliphatic rings. The van der Waals surface area contributed by atoms with Crippen LogP contribution in [-0.2, 0) is 10.3 Å². The molecule has 0 aliphatic carbocycles. The molecule has 0 N–H and O–H groups in total. The van der Waals surface area contributed by atoms with Gasteiger partial charge in [-0.1, -0.05) is 0 Å². The number of halogens is 3. The highest BCUT2D eigenvalue weighted by Gasteiger charge is 2.68. The zero-order valence-electron chi connectivity index (χ0n) is 13.0. The third-order valence-electron chi connectivity index (χ3n) is 3.74. The Bertz CT molecular complexity index is 581. The Balaban J connectivity index is 2.43. The van der Waals surface area contributed by atoms with Gasteiger partial charge in [0.1, 0.15) is 5.75 Å². The molecule has 1 heterocycles. The van der Waals surface area contributed by atoms with Crippen LogP contribution in [0.3, 0.4) is 0 Å². The lowest BCUT2D eigenvalue weighted by atomic mass is 9.95. The molecular weight excluding hydrogens is 297 g/mol. The molecule has 22 heavy (non-hydrogen) atoms. The zero-order chi connectivity index (χ0) is 16.5. The standard InChI is InChI=1S/C15H19F3N2O2/c1-5-20(3)9-19-12-7-13(21-4)11(6-10(12)2)14(8-22-14)15(16,17)18/h6-7,9H,5,8H2,1-4H3. The molecule has 1 unspecified atom stereocenters. The van der Waals surface area contributed by atoms with Gasteiger partial charge in [-0.2, -0.15) is 13.2 Å². The molecule has 1 aromatic carbocycles. The zero-order valence-corrected chi connectivity index (χ0v) is 13.0. The second-order valence-corrected chi connectivity index (χ2v) is 5.27. The normalized spacial score (nSPS) is 21.2. The summed E-state index contributed by atoms with van der Waals surface area (Å²) in [5.41, 5.74) is -1.04. The summed E-state index contributed by atoms with van der Waals surface area (Å²) >= 11 is 0. The Labute approximate surface area is 127 Å². The molecule has 1 fully saturated rings. The minimum atomic E-state index is -4.47. The average Bonchev–Trinajstić information content (AvgIpc) is 3.26. The van der Waals surface area contributed by atoms with Gasteiger partial charge in [-0.3, -0.25) is 0 Å². The third-order valence-corrected chi connectivity index (χ3v) is 3.74. The van der Waals surface area contributed by atoms with Gasteiger partial charge in [0.15, 0.2) is 0 Å². The van der Waals surface area contributed by atoms with Gasteiger partial charge in [-0.15, -0.1) is 0 Å². The van der Waals surface area contributed by atoms with E-state index in [1.165, 1.54) is 19.2 Å². The summed E-state index contributed by atoms with van der Waals surface area (Å²) in [6, 6.07) is 2.96. The summed E-state index contributed by atoms with van der Waals surface area (Å²) in [5, 5.41) is 0. The number of benzene rings is 1. The number of aryl methyl sites for hydroxylation is 1. The largest absolute Gasteiger partial charge is 0.496 e. The summed E-state index contributed by atoms with van der Waals surface area (Å²) in [5.74, 6) is 0.131. The molecule has 0 saturated carbocycles. The molecule has 0 bridgehead atoms. The summed E-state index contributed by atoms with van der Waals surface area (Å²) in [4.78, 5) is 6.15. The fraction of sp³-hybridized carbons (Fsp3) is 0.533. The van der Waals surface area contributed by atoms with E-state index in [1.54, 1.807) is 13.3 Å². The monoisotopic (exact) mass is 316 g/mol. The van der Waals surface area contributed by atoms with Gasteiger partial charge in [0.2, 0.25) is 5.60 Å². The van der Waals surface area contributed by atoms with Crippen LogP contribution in [0.15, 0.2) is 17.1 Å². The van der Waals surface area contributed by atoms with Crippen molar-refractivity contribution in [3.8, 4) is 5.75 Å². The van der Waals surface area contributed by atoms with Gasteiger partial charge >= 0.3 is 6.18 Å². The van der Waals surface area contributed by atoms with Crippen molar-refractivity contribution in [2.45, 2.75) is 25.6 Å². The number of methoxy groups -OCH3 is 1. The molecule has 1 atom stereocenters. The molecule has 2 rings (SSSR count). The molecule has 0 radical (unpaired) electrons. The van der Waals surface area contributed by atoms with Crippen LogP contribution in [0.25, 0.3) is 0 Å². The van der Waals surface area contributed by atoms with Gasteiger partial charge in [0.05, 0.1) is 25.7 Å². The highest BCUT2D eigenvalue weighted by molar-refractivity contribution is 5.65. The van der Waals surface area contributed by atoms with Gasteiger partial charge in [0, 0.05) is 25.2 Å². The van der Waals surface area contributed by atoms with Gasteiger partial charge < -0.3 is 14.4 Å². The molecule has 0 spiro atoms. The van der Waals surface area contributed by atoms with Crippen molar-refractivity contribution in [3.05, 3.63) is 23.3 Å². The number of ether oxygens (including phenoxy) is 2. The first-order chi connectivity index (χ1) is 10.2. The predicted octanol–water partition coefficient (Wildman–Crippen LogP) is 3.40. The number of aliphatic imine (C=N–C) groups is 1. The van der Waals surface area contributed by atoms with Crippen LogP contribution in [0.2, 0.25) is 0 Å². The lowest BCUT2D eigenvalue weighted by Crippen LogP contribution is -2.30. The van der Waals surface area contributed by atoms with Crippen LogP contribution < -0.4 is 4.74 Å². The molecule has 4 nitrogen and oxygen atoms in total. The number of epoxide rings is 1. The molecule has 1 aliphatic heterocycles. The fourth-order valence-corrected chi connectivity index (χ4v) is 2.09. The highest BCUT2D eigenvalue weighted by Crippen LogP contribution is 2.55. The molecule has 122 valence electrons. The van der Waals surface area contributed by atoms with Crippen LogP contribution in [0.4, 0.5) is 18.9 Å². The van der Waals surface area contributed by atoms with E-state index in [9.17, 15) is 13.2 Å². The number of rotatable bonds is 5. The van der Waals surface area contributed by atoms with Crippen molar-refractivity contribution >= 4 is 12.0 Å². The smallest absolute Gasteiger partial charge is 0.424 e. The van der Waals surface area contributed by atoms with E-state index in [0.29, 0.717) is 11.3 Å². The van der Waals surface area contributed by atoms with Gasteiger partial charge in [0.25, 0.3) is 0 Å². The topological polar surface area (TPSA) is 37.4 Å². The van der Waals surface area contributed by atoms with Crippen LogP contribution in [0, 0.1) is 6.92 Å². The van der Waals surface area contributed by atoms with Crippen LogP contribution in [0.5, 0.6) is 5.75 Å². The van der Waals surface area contributed by atoms with E-state index in [0.717, 1.165) is 6.54 Å². The van der Waals surface area contributed by atoms with Crippen molar-refractivity contribution in [1.29, 1.82) is 0 Å². The maximum atomic E-state index is 13.2. The second-order valence-electron chi connectivity index (χ2n) is 5.27. The van der Waals surface area contributed by atoms with Crippen LogP contribution >= 0.6 is 0 Å². The fourth-order valence-electron chi connectivity index (χ4n) is 2.09. The second kappa shape index (κ2) is 5.79. The van der Waals surface area contributed by atoms with Crippen LogP contribution in [0.1, 0.15) is 18.1 Å². The first kappa shape index (κ1) is 16.6. The van der Waals surface area contributed by atoms with Gasteiger partial charge in [-0.25, -0.2) is 4.99 Å². The van der Waals surface area contributed by atoms with Crippen molar-refractivity contribution < 1.29 is 22.6 Å². The quantitative estimate of drug-likeness (QED) is 0.475. The maximum Gasteiger partial charge on any atom is 0.424 e. The Morgan fingerprint density at radius 3 is 2.55 bits per heavy atom. The van der Waals surface area contributed by atoms with E-state index in [1.807, 2.05) is 18.9 Å². The summed E-state index contributed by atoms with van der Waals surface area (Å²) in [6.07, 6.45) is -2.84. The summed E-state index contributed by atoms with van der Waals surface area (Å²) in [7, 11) is 3.20. The molecule has 0 amide bonds. The summed E-state index contributed by atoms with van der Waals surface area (Å²) < 4.78 is 49.5. The van der Waals surface area contributed by atoms with Crippen molar-refractivity contribution in [1.82, 2.24) is 4.90 Å². The number of hydrogen-bond acceptors (Lipinski definition) is 3. The first-order valence-electron chi connectivity index (χ1n) is 6.89. The maximum absolute atomic E-state index is 13.2. The minimum Gasteiger partial charge on any atom is -0.496 e. The Morgan fingerprint density at radius 2 is 2.09 bits per heavy atom. The lowest BCUT2D eigenvalue weighted by molar-refractivity contribution is -0.187. The SMILES string of the molecule is CCN(C)C=Nc1cc(OC)c(C2(C(F)(F)F)CO2)cc1C. The van der Waals surface area contributed by atoms with Crippen molar-refractivity contribution in [2.24, 2.45) is 4.99 Å². The molecule has 7 heteroatoms. The molecule has 1 aromatic rings. The third kappa shape index (κ3) is 2.90. The number of hydrogen-bond donors (Lipinski definition) is 0. The van der Waals surface area contributed by atoms with E-state index in [4.69, 9.17) is 9.47 Å². The van der Waals surface area contributed by atoms with Crippen molar-refractivity contribution in [3.63, 3.8) is 0 Å².